The molecule has 0 radical (unpaired) electrons. The molecule has 1 aliphatic heterocycles. The van der Waals surface area contributed by atoms with E-state index in [1.807, 2.05) is 0 Å². The molecule has 2 unspecified atom stereocenters. The van der Waals surface area contributed by atoms with Crippen molar-refractivity contribution in [3.63, 3.8) is 0 Å². The summed E-state index contributed by atoms with van der Waals surface area (Å²) in [6, 6.07) is 0.782. The summed E-state index contributed by atoms with van der Waals surface area (Å²) in [6.45, 7) is 3.60. The maximum atomic E-state index is 3.54. The highest BCUT2D eigenvalue weighted by atomic mass is 14.9. The van der Waals surface area contributed by atoms with Gasteiger partial charge in [0.2, 0.25) is 0 Å². The minimum absolute atomic E-state index is 0.782. The maximum Gasteiger partial charge on any atom is 0.00414 e. The van der Waals surface area contributed by atoms with Crippen LogP contribution in [-0.4, -0.2) is 12.6 Å². The van der Waals surface area contributed by atoms with Crippen molar-refractivity contribution in [1.29, 1.82) is 0 Å². The molecule has 70 valence electrons. The van der Waals surface area contributed by atoms with Crippen LogP contribution in [0.3, 0.4) is 0 Å². The lowest BCUT2D eigenvalue weighted by atomic mass is 9.81. The van der Waals surface area contributed by atoms with Gasteiger partial charge in [-0.15, -0.1) is 0 Å². The summed E-state index contributed by atoms with van der Waals surface area (Å²) in [6.07, 6.45) is 8.93. The van der Waals surface area contributed by atoms with Crippen LogP contribution in [0.15, 0.2) is 0 Å². The lowest BCUT2D eigenvalue weighted by molar-refractivity contribution is 0.229. The van der Waals surface area contributed by atoms with Gasteiger partial charge in [0.1, 0.15) is 0 Å². The highest BCUT2D eigenvalue weighted by Gasteiger charge is 2.28. The zero-order valence-electron chi connectivity index (χ0n) is 8.18. The molecule has 1 heterocycles. The van der Waals surface area contributed by atoms with E-state index in [-0.39, 0.29) is 0 Å². The zero-order chi connectivity index (χ0) is 8.39. The van der Waals surface area contributed by atoms with Crippen LogP contribution < -0.4 is 5.32 Å². The van der Waals surface area contributed by atoms with Crippen molar-refractivity contribution in [2.45, 2.75) is 51.5 Å². The summed E-state index contributed by atoms with van der Waals surface area (Å²) in [5, 5.41) is 3.54. The monoisotopic (exact) mass is 167 g/mol. The topological polar surface area (TPSA) is 12.0 Å². The minimum Gasteiger partial charge on any atom is -0.314 e. The van der Waals surface area contributed by atoms with E-state index in [2.05, 4.69) is 12.2 Å². The van der Waals surface area contributed by atoms with Crippen LogP contribution in [-0.2, 0) is 0 Å². The fourth-order valence-corrected chi connectivity index (χ4v) is 3.03. The molecule has 1 saturated heterocycles. The smallest absolute Gasteiger partial charge is 0.00414 e. The van der Waals surface area contributed by atoms with Crippen LogP contribution in [0.25, 0.3) is 0 Å². The lowest BCUT2D eigenvalue weighted by Gasteiger charge is -2.32. The van der Waals surface area contributed by atoms with E-state index in [1.165, 1.54) is 45.1 Å². The van der Waals surface area contributed by atoms with Crippen molar-refractivity contribution in [3.8, 4) is 0 Å². The first kappa shape index (κ1) is 8.55. The van der Waals surface area contributed by atoms with E-state index >= 15 is 0 Å². The highest BCUT2D eigenvalue weighted by Crippen LogP contribution is 2.36. The second-order valence-corrected chi connectivity index (χ2v) is 4.68. The average Bonchev–Trinajstić information content (AvgIpc) is 2.56. The van der Waals surface area contributed by atoms with Gasteiger partial charge in [-0.25, -0.2) is 0 Å². The number of hydrogen-bond donors (Lipinski definition) is 1. The highest BCUT2D eigenvalue weighted by molar-refractivity contribution is 4.82. The van der Waals surface area contributed by atoms with Crippen molar-refractivity contribution in [2.24, 2.45) is 11.8 Å². The summed E-state index contributed by atoms with van der Waals surface area (Å²) in [5.74, 6) is 2.15. The van der Waals surface area contributed by atoms with Crippen molar-refractivity contribution in [1.82, 2.24) is 5.32 Å². The molecule has 2 atom stereocenters. The van der Waals surface area contributed by atoms with Crippen molar-refractivity contribution in [3.05, 3.63) is 0 Å². The maximum absolute atomic E-state index is 3.54. The molecule has 0 spiro atoms. The lowest BCUT2D eigenvalue weighted by Crippen LogP contribution is -2.37. The van der Waals surface area contributed by atoms with Crippen LogP contribution >= 0.6 is 0 Å². The Morgan fingerprint density at radius 2 is 1.75 bits per heavy atom. The van der Waals surface area contributed by atoms with E-state index in [9.17, 15) is 0 Å². The van der Waals surface area contributed by atoms with Gasteiger partial charge in [0, 0.05) is 6.04 Å². The Hall–Kier alpha value is -0.0400. The zero-order valence-corrected chi connectivity index (χ0v) is 8.18. The Balaban J connectivity index is 1.85. The van der Waals surface area contributed by atoms with Gasteiger partial charge in [-0.05, 0) is 38.1 Å². The molecule has 1 heteroatoms. The van der Waals surface area contributed by atoms with Gasteiger partial charge in [0.05, 0.1) is 0 Å². The third kappa shape index (κ3) is 1.82. The molecule has 1 saturated carbocycles. The Bertz CT molecular complexity index is 138. The van der Waals surface area contributed by atoms with E-state index in [4.69, 9.17) is 0 Å². The normalized spacial score (nSPS) is 38.8. The molecule has 0 aromatic rings. The van der Waals surface area contributed by atoms with Crippen LogP contribution in [0.5, 0.6) is 0 Å². The van der Waals surface area contributed by atoms with Crippen molar-refractivity contribution < 1.29 is 0 Å². The summed E-state index contributed by atoms with van der Waals surface area (Å²) < 4.78 is 0. The average molecular weight is 167 g/mol. The van der Waals surface area contributed by atoms with Gasteiger partial charge in [0.25, 0.3) is 0 Å². The molecule has 12 heavy (non-hydrogen) atoms. The molecule has 0 bridgehead atoms. The van der Waals surface area contributed by atoms with E-state index in [0.717, 1.165) is 17.9 Å². The fraction of sp³-hybridized carbons (Fsp3) is 1.00. The number of hydrogen-bond acceptors (Lipinski definition) is 1. The predicted octanol–water partition coefficient (Wildman–Crippen LogP) is 2.56. The summed E-state index contributed by atoms with van der Waals surface area (Å²) >= 11 is 0. The molecule has 2 aliphatic rings. The Kier molecular flexibility index (Phi) is 2.69. The van der Waals surface area contributed by atoms with Gasteiger partial charge in [-0.3, -0.25) is 0 Å². The first-order chi connectivity index (χ1) is 5.86. The van der Waals surface area contributed by atoms with Gasteiger partial charge in [0.15, 0.2) is 0 Å². The molecule has 2 fully saturated rings. The number of rotatable bonds is 1. The minimum atomic E-state index is 0.782. The van der Waals surface area contributed by atoms with Crippen LogP contribution in [0.2, 0.25) is 0 Å². The third-order valence-electron chi connectivity index (χ3n) is 3.73. The Labute approximate surface area is 75.9 Å². The van der Waals surface area contributed by atoms with Crippen molar-refractivity contribution in [2.75, 3.05) is 6.54 Å². The first-order valence-electron chi connectivity index (χ1n) is 5.59. The summed E-state index contributed by atoms with van der Waals surface area (Å²) in [4.78, 5) is 0. The molecule has 0 aromatic heterocycles. The van der Waals surface area contributed by atoms with Crippen molar-refractivity contribution >= 4 is 0 Å². The predicted molar refractivity (Wildman–Crippen MR) is 52.1 cm³/mol. The Morgan fingerprint density at radius 1 is 1.00 bits per heavy atom. The Morgan fingerprint density at radius 3 is 2.42 bits per heavy atom. The van der Waals surface area contributed by atoms with Gasteiger partial charge in [-0.2, -0.15) is 0 Å². The molecule has 1 N–H and O–H groups in total. The molecular formula is C11H21N. The van der Waals surface area contributed by atoms with E-state index in [0.29, 0.717) is 0 Å². The molecule has 0 amide bonds. The molecule has 2 rings (SSSR count). The fourth-order valence-electron chi connectivity index (χ4n) is 3.03. The van der Waals surface area contributed by atoms with Crippen LogP contribution in [0.1, 0.15) is 45.4 Å². The molecule has 1 aliphatic carbocycles. The van der Waals surface area contributed by atoms with E-state index in [1.54, 1.807) is 0 Å². The van der Waals surface area contributed by atoms with Gasteiger partial charge >= 0.3 is 0 Å². The molecule has 0 aromatic carbocycles. The standard InChI is InChI=1S/C11H21N/c1-9-8-11(6-7-12-9)10-4-2-3-5-10/h9-12H,2-8H2,1H3. The number of nitrogens with one attached hydrogen (secondary N) is 1. The first-order valence-corrected chi connectivity index (χ1v) is 5.59. The van der Waals surface area contributed by atoms with Crippen LogP contribution in [0, 0.1) is 11.8 Å². The second kappa shape index (κ2) is 3.78. The summed E-state index contributed by atoms with van der Waals surface area (Å²) in [7, 11) is 0. The second-order valence-electron chi connectivity index (χ2n) is 4.68. The SMILES string of the molecule is CC1CC(C2CCCC2)CCN1. The molecular weight excluding hydrogens is 146 g/mol. The quantitative estimate of drug-likeness (QED) is 0.633. The largest absolute Gasteiger partial charge is 0.314 e. The summed E-state index contributed by atoms with van der Waals surface area (Å²) in [5.41, 5.74) is 0. The van der Waals surface area contributed by atoms with E-state index < -0.39 is 0 Å². The third-order valence-corrected chi connectivity index (χ3v) is 3.73. The molecule has 1 nitrogen and oxygen atoms in total. The number of piperidine rings is 1. The van der Waals surface area contributed by atoms with Gasteiger partial charge < -0.3 is 5.32 Å². The van der Waals surface area contributed by atoms with Crippen LogP contribution in [0.4, 0.5) is 0 Å². The van der Waals surface area contributed by atoms with Gasteiger partial charge in [-0.1, -0.05) is 25.7 Å².